The molecule has 0 aliphatic heterocycles. The van der Waals surface area contributed by atoms with Crippen molar-refractivity contribution < 1.29 is 28.6 Å². The summed E-state index contributed by atoms with van der Waals surface area (Å²) in [5, 5.41) is 0. The number of carbonyl (C=O) groups is 3. The second-order valence-electron chi connectivity index (χ2n) is 25.9. The Morgan fingerprint density at radius 2 is 0.402 bits per heavy atom. The van der Waals surface area contributed by atoms with E-state index in [0.717, 1.165) is 57.8 Å². The van der Waals surface area contributed by atoms with E-state index >= 15 is 0 Å². The number of hydrogen-bond acceptors (Lipinski definition) is 6. The summed E-state index contributed by atoms with van der Waals surface area (Å²) in [5.41, 5.74) is 0. The molecular formula is C76H146O6. The highest BCUT2D eigenvalue weighted by Crippen LogP contribution is 2.20. The van der Waals surface area contributed by atoms with Gasteiger partial charge in [-0.15, -0.1) is 0 Å². The number of esters is 3. The molecule has 0 aromatic heterocycles. The lowest BCUT2D eigenvalue weighted by Crippen LogP contribution is -2.30. The first-order valence-electron chi connectivity index (χ1n) is 37.7. The van der Waals surface area contributed by atoms with Crippen LogP contribution in [0.4, 0.5) is 0 Å². The number of rotatable bonds is 71. The van der Waals surface area contributed by atoms with Crippen molar-refractivity contribution in [3.05, 3.63) is 12.2 Å². The van der Waals surface area contributed by atoms with Crippen LogP contribution in [-0.4, -0.2) is 37.2 Å². The molecule has 0 bridgehead atoms. The summed E-state index contributed by atoms with van der Waals surface area (Å²) >= 11 is 0. The maximum Gasteiger partial charge on any atom is 0.306 e. The third-order valence-electron chi connectivity index (χ3n) is 17.5. The van der Waals surface area contributed by atoms with Crippen molar-refractivity contribution in [2.45, 2.75) is 444 Å². The molecule has 0 aromatic rings. The van der Waals surface area contributed by atoms with E-state index in [2.05, 4.69) is 32.9 Å². The Morgan fingerprint density at radius 1 is 0.232 bits per heavy atom. The molecule has 0 heterocycles. The summed E-state index contributed by atoms with van der Waals surface area (Å²) in [6.45, 7) is 6.74. The average Bonchev–Trinajstić information content (AvgIpc) is 3.47. The van der Waals surface area contributed by atoms with Gasteiger partial charge in [-0.1, -0.05) is 386 Å². The van der Waals surface area contributed by atoms with Crippen LogP contribution < -0.4 is 0 Å². The molecule has 0 radical (unpaired) electrons. The topological polar surface area (TPSA) is 78.9 Å². The average molecular weight is 1160 g/mol. The number of ether oxygens (including phenoxy) is 3. The third-order valence-corrected chi connectivity index (χ3v) is 17.5. The molecule has 0 aliphatic carbocycles. The van der Waals surface area contributed by atoms with Crippen molar-refractivity contribution in [3.63, 3.8) is 0 Å². The molecule has 0 saturated heterocycles. The van der Waals surface area contributed by atoms with Gasteiger partial charge in [-0.2, -0.15) is 0 Å². The summed E-state index contributed by atoms with van der Waals surface area (Å²) in [5.74, 6) is -0.828. The Morgan fingerprint density at radius 3 is 0.610 bits per heavy atom. The van der Waals surface area contributed by atoms with Crippen molar-refractivity contribution in [1.29, 1.82) is 0 Å². The van der Waals surface area contributed by atoms with Crippen molar-refractivity contribution >= 4 is 17.9 Å². The molecule has 0 aromatic carbocycles. The molecule has 0 aliphatic rings. The van der Waals surface area contributed by atoms with E-state index in [-0.39, 0.29) is 31.1 Å². The predicted octanol–water partition coefficient (Wildman–Crippen LogP) is 26.0. The molecule has 0 N–H and O–H groups in total. The standard InChI is InChI=1S/C76H146O6/c1-4-7-10-13-16-19-22-25-28-31-33-35-36-37-38-39-40-41-43-45-48-51-54-57-60-63-66-69-75(78)81-72-73(71-80-74(77)68-65-62-59-56-53-50-47-44-30-27-24-21-18-15-12-9-6-3)82-76(79)70-67-64-61-58-55-52-49-46-42-34-32-29-26-23-20-17-14-11-8-5-2/h27,30,73H,4-26,28-29,31-72H2,1-3H3/b30-27-. The lowest BCUT2D eigenvalue weighted by Gasteiger charge is -2.18. The molecule has 0 fully saturated rings. The van der Waals surface area contributed by atoms with Crippen LogP contribution in [0.3, 0.4) is 0 Å². The van der Waals surface area contributed by atoms with Gasteiger partial charge in [0.15, 0.2) is 6.10 Å². The van der Waals surface area contributed by atoms with Gasteiger partial charge in [0.25, 0.3) is 0 Å². The van der Waals surface area contributed by atoms with Crippen LogP contribution in [-0.2, 0) is 28.6 Å². The molecule has 0 saturated carbocycles. The largest absolute Gasteiger partial charge is 0.462 e. The van der Waals surface area contributed by atoms with E-state index in [1.165, 1.54) is 340 Å². The molecular weight excluding hydrogens is 1010 g/mol. The molecule has 0 rings (SSSR count). The molecule has 1 atom stereocenters. The Balaban J connectivity index is 4.22. The summed E-state index contributed by atoms with van der Waals surface area (Å²) in [4.78, 5) is 38.5. The van der Waals surface area contributed by atoms with Crippen LogP contribution in [0.15, 0.2) is 12.2 Å². The number of hydrogen-bond donors (Lipinski definition) is 0. The molecule has 0 spiro atoms. The van der Waals surface area contributed by atoms with E-state index in [9.17, 15) is 14.4 Å². The summed E-state index contributed by atoms with van der Waals surface area (Å²) < 4.78 is 17.0. The molecule has 6 heteroatoms. The maximum atomic E-state index is 13.0. The van der Waals surface area contributed by atoms with Crippen LogP contribution in [0.25, 0.3) is 0 Å². The fourth-order valence-electron chi connectivity index (χ4n) is 11.9. The zero-order valence-electron chi connectivity index (χ0n) is 56.1. The van der Waals surface area contributed by atoms with E-state index in [0.29, 0.717) is 19.3 Å². The van der Waals surface area contributed by atoms with Gasteiger partial charge in [0.2, 0.25) is 0 Å². The Kier molecular flexibility index (Phi) is 70.0. The molecule has 82 heavy (non-hydrogen) atoms. The minimum absolute atomic E-state index is 0.0640. The number of allylic oxidation sites excluding steroid dienone is 2. The zero-order valence-corrected chi connectivity index (χ0v) is 56.1. The van der Waals surface area contributed by atoms with Gasteiger partial charge in [-0.25, -0.2) is 0 Å². The number of carbonyl (C=O) groups excluding carboxylic acids is 3. The summed E-state index contributed by atoms with van der Waals surface area (Å²) in [6.07, 6.45) is 86.9. The second kappa shape index (κ2) is 71.6. The van der Waals surface area contributed by atoms with Crippen molar-refractivity contribution in [3.8, 4) is 0 Å². The van der Waals surface area contributed by atoms with Gasteiger partial charge in [0.1, 0.15) is 13.2 Å². The zero-order chi connectivity index (χ0) is 59.2. The Bertz CT molecular complexity index is 1280. The molecule has 6 nitrogen and oxygen atoms in total. The van der Waals surface area contributed by atoms with Gasteiger partial charge in [0.05, 0.1) is 0 Å². The fourth-order valence-corrected chi connectivity index (χ4v) is 11.9. The molecule has 0 amide bonds. The highest BCUT2D eigenvalue weighted by molar-refractivity contribution is 5.71. The first kappa shape index (κ1) is 80.2. The lowest BCUT2D eigenvalue weighted by molar-refractivity contribution is -0.167. The van der Waals surface area contributed by atoms with Crippen molar-refractivity contribution in [2.75, 3.05) is 13.2 Å². The van der Waals surface area contributed by atoms with Crippen molar-refractivity contribution in [1.82, 2.24) is 0 Å². The highest BCUT2D eigenvalue weighted by atomic mass is 16.6. The lowest BCUT2D eigenvalue weighted by atomic mass is 10.0. The maximum absolute atomic E-state index is 13.0. The minimum Gasteiger partial charge on any atom is -0.462 e. The van der Waals surface area contributed by atoms with Gasteiger partial charge in [0, 0.05) is 19.3 Å². The predicted molar refractivity (Wildman–Crippen MR) is 358 cm³/mol. The van der Waals surface area contributed by atoms with Gasteiger partial charge >= 0.3 is 17.9 Å². The van der Waals surface area contributed by atoms with Gasteiger partial charge in [-0.3, -0.25) is 14.4 Å². The fraction of sp³-hybridized carbons (Fsp3) is 0.934. The van der Waals surface area contributed by atoms with Crippen LogP contribution in [0, 0.1) is 0 Å². The number of unbranched alkanes of at least 4 members (excludes halogenated alkanes) is 58. The van der Waals surface area contributed by atoms with Gasteiger partial charge < -0.3 is 14.2 Å². The monoisotopic (exact) mass is 1160 g/mol. The Labute approximate surface area is 513 Å². The first-order valence-corrected chi connectivity index (χ1v) is 37.7. The summed E-state index contributed by atoms with van der Waals surface area (Å²) in [6, 6.07) is 0. The SMILES string of the molecule is CCCCCCCC/C=C\CCCCCCCCCC(=O)OCC(COC(=O)CCCCCCCCCCCCCCCCCCCCCCCCCCCCC)OC(=O)CCCCCCCCCCCCCCCCCCCCCC. The molecule has 1 unspecified atom stereocenters. The highest BCUT2D eigenvalue weighted by Gasteiger charge is 2.20. The first-order chi connectivity index (χ1) is 40.5. The summed E-state index contributed by atoms with van der Waals surface area (Å²) in [7, 11) is 0. The molecule has 486 valence electrons. The third kappa shape index (κ3) is 68.9. The smallest absolute Gasteiger partial charge is 0.306 e. The quantitative estimate of drug-likeness (QED) is 0.0261. The van der Waals surface area contributed by atoms with Crippen molar-refractivity contribution in [2.24, 2.45) is 0 Å². The van der Waals surface area contributed by atoms with E-state index < -0.39 is 6.10 Å². The van der Waals surface area contributed by atoms with E-state index in [1.54, 1.807) is 0 Å². The van der Waals surface area contributed by atoms with E-state index in [4.69, 9.17) is 14.2 Å². The van der Waals surface area contributed by atoms with E-state index in [1.807, 2.05) is 0 Å². The van der Waals surface area contributed by atoms with Crippen LogP contribution in [0.2, 0.25) is 0 Å². The second-order valence-corrected chi connectivity index (χ2v) is 25.9. The normalized spacial score (nSPS) is 12.0. The van der Waals surface area contributed by atoms with Crippen LogP contribution in [0.1, 0.15) is 438 Å². The van der Waals surface area contributed by atoms with Crippen LogP contribution >= 0.6 is 0 Å². The Hall–Kier alpha value is -1.85. The van der Waals surface area contributed by atoms with Crippen LogP contribution in [0.5, 0.6) is 0 Å². The minimum atomic E-state index is -0.769. The van der Waals surface area contributed by atoms with Gasteiger partial charge in [-0.05, 0) is 44.9 Å².